The second kappa shape index (κ2) is 5.46. The van der Waals surface area contributed by atoms with Crippen LogP contribution in [0.15, 0.2) is 0 Å². The predicted molar refractivity (Wildman–Crippen MR) is 75.7 cm³/mol. The van der Waals surface area contributed by atoms with Gasteiger partial charge >= 0.3 is 0 Å². The van der Waals surface area contributed by atoms with E-state index in [-0.39, 0.29) is 11.5 Å². The fraction of sp³-hybridized carbons (Fsp3) is 0.769. The second-order valence-corrected chi connectivity index (χ2v) is 7.03. The Hall–Kier alpha value is -0.450. The lowest BCUT2D eigenvalue weighted by atomic mass is 9.90. The van der Waals surface area contributed by atoms with Gasteiger partial charge in [0.2, 0.25) is 0 Å². The van der Waals surface area contributed by atoms with Crippen molar-refractivity contribution in [3.05, 3.63) is 15.6 Å². The van der Waals surface area contributed by atoms with Crippen molar-refractivity contribution >= 4 is 11.3 Å². The lowest BCUT2D eigenvalue weighted by molar-refractivity contribution is 0.413. The van der Waals surface area contributed by atoms with Crippen molar-refractivity contribution < 1.29 is 0 Å². The fourth-order valence-corrected chi connectivity index (χ4v) is 2.87. The summed E-state index contributed by atoms with van der Waals surface area (Å²) in [5.41, 5.74) is 7.29. The number of hydrogen-bond acceptors (Lipinski definition) is 4. The molecule has 0 aliphatic carbocycles. The number of nitrogens with zero attached hydrogens (tertiary/aromatic N) is 2. The zero-order valence-electron chi connectivity index (χ0n) is 11.9. The summed E-state index contributed by atoms with van der Waals surface area (Å²) in [6, 6.07) is 0.0785. The smallest absolute Gasteiger partial charge is 0.0944 e. The summed E-state index contributed by atoms with van der Waals surface area (Å²) in [6.07, 6.45) is 1.01. The SMILES string of the molecule is CC(N)c1sc(CCN(C)C)nc1C(C)(C)C. The fourth-order valence-electron chi connectivity index (χ4n) is 1.65. The molecule has 0 saturated heterocycles. The van der Waals surface area contributed by atoms with Gasteiger partial charge in [0.05, 0.1) is 10.7 Å². The standard InChI is InChI=1S/C13H25N3S/c1-9(14)11-12(13(2,3)4)15-10(17-11)7-8-16(5)6/h9H,7-8,14H2,1-6H3. The maximum absolute atomic E-state index is 6.04. The first-order valence-electron chi connectivity index (χ1n) is 6.12. The number of nitrogens with two attached hydrogens (primary N) is 1. The molecule has 4 heteroatoms. The minimum absolute atomic E-state index is 0.0785. The van der Waals surface area contributed by atoms with Gasteiger partial charge in [0.15, 0.2) is 0 Å². The van der Waals surface area contributed by atoms with E-state index in [9.17, 15) is 0 Å². The predicted octanol–water partition coefficient (Wildman–Crippen LogP) is 2.56. The van der Waals surface area contributed by atoms with Crippen LogP contribution in [0.3, 0.4) is 0 Å². The van der Waals surface area contributed by atoms with Crippen LogP contribution in [-0.2, 0) is 11.8 Å². The molecule has 1 heterocycles. The van der Waals surface area contributed by atoms with E-state index in [2.05, 4.69) is 39.8 Å². The molecule has 0 radical (unpaired) electrons. The van der Waals surface area contributed by atoms with E-state index in [1.54, 1.807) is 11.3 Å². The van der Waals surface area contributed by atoms with E-state index in [4.69, 9.17) is 10.7 Å². The van der Waals surface area contributed by atoms with Gasteiger partial charge in [0, 0.05) is 29.3 Å². The summed E-state index contributed by atoms with van der Waals surface area (Å²) < 4.78 is 0. The molecule has 1 rings (SSSR count). The molecule has 0 aliphatic heterocycles. The highest BCUT2D eigenvalue weighted by Gasteiger charge is 2.24. The average Bonchev–Trinajstić information content (AvgIpc) is 2.57. The lowest BCUT2D eigenvalue weighted by Gasteiger charge is -2.18. The van der Waals surface area contributed by atoms with E-state index < -0.39 is 0 Å². The van der Waals surface area contributed by atoms with Crippen molar-refractivity contribution in [2.45, 2.75) is 45.6 Å². The number of likely N-dealkylation sites (N-methyl/N-ethyl adjacent to an activating group) is 1. The van der Waals surface area contributed by atoms with Crippen molar-refractivity contribution in [1.29, 1.82) is 0 Å². The van der Waals surface area contributed by atoms with Crippen LogP contribution >= 0.6 is 11.3 Å². The quantitative estimate of drug-likeness (QED) is 0.899. The van der Waals surface area contributed by atoms with E-state index in [1.807, 2.05) is 6.92 Å². The van der Waals surface area contributed by atoms with Crippen molar-refractivity contribution in [2.75, 3.05) is 20.6 Å². The molecule has 0 spiro atoms. The first-order valence-corrected chi connectivity index (χ1v) is 6.94. The molecule has 0 aliphatic rings. The molecule has 0 fully saturated rings. The number of hydrogen-bond donors (Lipinski definition) is 1. The molecule has 0 bridgehead atoms. The molecule has 1 aromatic heterocycles. The van der Waals surface area contributed by atoms with E-state index in [1.165, 1.54) is 15.6 Å². The van der Waals surface area contributed by atoms with Crippen LogP contribution in [0.4, 0.5) is 0 Å². The van der Waals surface area contributed by atoms with Gasteiger partial charge in [0.1, 0.15) is 0 Å². The number of rotatable bonds is 4. The molecule has 0 aromatic carbocycles. The van der Waals surface area contributed by atoms with Gasteiger partial charge in [-0.15, -0.1) is 11.3 Å². The minimum Gasteiger partial charge on any atom is -0.323 e. The molecular formula is C13H25N3S. The maximum atomic E-state index is 6.04. The average molecular weight is 255 g/mol. The van der Waals surface area contributed by atoms with Crippen LogP contribution in [-0.4, -0.2) is 30.5 Å². The monoisotopic (exact) mass is 255 g/mol. The second-order valence-electron chi connectivity index (χ2n) is 5.91. The highest BCUT2D eigenvalue weighted by Crippen LogP contribution is 2.33. The summed E-state index contributed by atoms with van der Waals surface area (Å²) in [7, 11) is 4.18. The van der Waals surface area contributed by atoms with Crippen LogP contribution in [0.25, 0.3) is 0 Å². The largest absolute Gasteiger partial charge is 0.323 e. The molecule has 0 saturated carbocycles. The Kier molecular flexibility index (Phi) is 4.69. The Morgan fingerprint density at radius 1 is 1.35 bits per heavy atom. The Balaban J connectivity index is 2.96. The third-order valence-electron chi connectivity index (χ3n) is 2.59. The molecule has 17 heavy (non-hydrogen) atoms. The van der Waals surface area contributed by atoms with Crippen LogP contribution < -0.4 is 5.73 Å². The van der Waals surface area contributed by atoms with Gasteiger partial charge < -0.3 is 10.6 Å². The molecule has 98 valence electrons. The summed E-state index contributed by atoms with van der Waals surface area (Å²) in [5, 5.41) is 1.20. The molecule has 1 aromatic rings. The zero-order valence-corrected chi connectivity index (χ0v) is 12.7. The number of thiazole rings is 1. The molecular weight excluding hydrogens is 230 g/mol. The third kappa shape index (κ3) is 4.05. The molecule has 0 amide bonds. The zero-order chi connectivity index (χ0) is 13.2. The summed E-state index contributed by atoms with van der Waals surface area (Å²) in [6.45, 7) is 9.67. The molecule has 2 N–H and O–H groups in total. The molecule has 3 nitrogen and oxygen atoms in total. The third-order valence-corrected chi connectivity index (χ3v) is 3.91. The first kappa shape index (κ1) is 14.6. The topological polar surface area (TPSA) is 42.1 Å². The molecule has 1 unspecified atom stereocenters. The van der Waals surface area contributed by atoms with E-state index in [0.29, 0.717) is 0 Å². The Labute approximate surface area is 109 Å². The first-order chi connectivity index (χ1) is 7.71. The summed E-state index contributed by atoms with van der Waals surface area (Å²) in [4.78, 5) is 8.21. The Morgan fingerprint density at radius 3 is 2.29 bits per heavy atom. The van der Waals surface area contributed by atoms with Crippen molar-refractivity contribution in [2.24, 2.45) is 5.73 Å². The minimum atomic E-state index is 0.0785. The highest BCUT2D eigenvalue weighted by atomic mass is 32.1. The Morgan fingerprint density at radius 2 is 1.94 bits per heavy atom. The highest BCUT2D eigenvalue weighted by molar-refractivity contribution is 7.11. The van der Waals surface area contributed by atoms with Crippen LogP contribution in [0.5, 0.6) is 0 Å². The van der Waals surface area contributed by atoms with Crippen molar-refractivity contribution in [3.63, 3.8) is 0 Å². The normalized spacial score (nSPS) is 14.4. The van der Waals surface area contributed by atoms with Crippen LogP contribution in [0.2, 0.25) is 0 Å². The van der Waals surface area contributed by atoms with E-state index >= 15 is 0 Å². The summed E-state index contributed by atoms with van der Waals surface area (Å²) >= 11 is 1.77. The Bertz CT molecular complexity index is 361. The van der Waals surface area contributed by atoms with Gasteiger partial charge in [-0.1, -0.05) is 20.8 Å². The van der Waals surface area contributed by atoms with Crippen molar-refractivity contribution in [1.82, 2.24) is 9.88 Å². The maximum Gasteiger partial charge on any atom is 0.0944 e. The van der Waals surface area contributed by atoms with Gasteiger partial charge in [-0.2, -0.15) is 0 Å². The van der Waals surface area contributed by atoms with Gasteiger partial charge in [-0.3, -0.25) is 0 Å². The molecule has 1 atom stereocenters. The van der Waals surface area contributed by atoms with Gasteiger partial charge in [0.25, 0.3) is 0 Å². The van der Waals surface area contributed by atoms with Crippen LogP contribution in [0.1, 0.15) is 49.3 Å². The lowest BCUT2D eigenvalue weighted by Crippen LogP contribution is -2.18. The van der Waals surface area contributed by atoms with Crippen molar-refractivity contribution in [3.8, 4) is 0 Å². The van der Waals surface area contributed by atoms with Crippen LogP contribution in [0, 0.1) is 0 Å². The van der Waals surface area contributed by atoms with E-state index in [0.717, 1.165) is 13.0 Å². The van der Waals surface area contributed by atoms with Gasteiger partial charge in [-0.25, -0.2) is 4.98 Å². The summed E-state index contributed by atoms with van der Waals surface area (Å²) in [5.74, 6) is 0. The number of aromatic nitrogens is 1. The van der Waals surface area contributed by atoms with Gasteiger partial charge in [-0.05, 0) is 21.0 Å².